The van der Waals surface area contributed by atoms with Gasteiger partial charge in [-0.3, -0.25) is 0 Å². The zero-order valence-corrected chi connectivity index (χ0v) is 11.3. The highest BCUT2D eigenvalue weighted by Gasteiger charge is 2.09. The molecule has 2 aromatic rings. The van der Waals surface area contributed by atoms with Crippen LogP contribution < -0.4 is 10.1 Å². The van der Waals surface area contributed by atoms with E-state index in [2.05, 4.69) is 20.3 Å². The standard InChI is InChI=1S/C12H11ClF2N4O/c1-2-5-20-12-18-10(13)17-11(19-12)16-9-4-3-7(14)6-8(9)15/h3-4,6H,2,5H2,1H3,(H,16,17,18,19). The van der Waals surface area contributed by atoms with E-state index < -0.39 is 11.6 Å². The molecular formula is C12H11ClF2N4O. The molecule has 0 unspecified atom stereocenters. The van der Waals surface area contributed by atoms with Gasteiger partial charge in [0.1, 0.15) is 11.6 Å². The smallest absolute Gasteiger partial charge is 0.322 e. The maximum atomic E-state index is 13.5. The van der Waals surface area contributed by atoms with E-state index in [0.29, 0.717) is 6.61 Å². The summed E-state index contributed by atoms with van der Waals surface area (Å²) in [5.41, 5.74) is 0.0232. The van der Waals surface area contributed by atoms with E-state index >= 15 is 0 Å². The van der Waals surface area contributed by atoms with Crippen molar-refractivity contribution in [1.29, 1.82) is 0 Å². The van der Waals surface area contributed by atoms with Gasteiger partial charge in [-0.05, 0) is 30.2 Å². The quantitative estimate of drug-likeness (QED) is 0.917. The molecule has 1 N–H and O–H groups in total. The van der Waals surface area contributed by atoms with E-state index in [9.17, 15) is 8.78 Å². The normalized spacial score (nSPS) is 10.4. The number of nitrogens with one attached hydrogen (secondary N) is 1. The first-order valence-electron chi connectivity index (χ1n) is 5.85. The molecule has 20 heavy (non-hydrogen) atoms. The zero-order valence-electron chi connectivity index (χ0n) is 10.5. The lowest BCUT2D eigenvalue weighted by Crippen LogP contribution is -2.05. The van der Waals surface area contributed by atoms with Crippen LogP contribution >= 0.6 is 11.6 Å². The molecule has 106 valence electrons. The van der Waals surface area contributed by atoms with Crippen molar-refractivity contribution >= 4 is 23.2 Å². The summed E-state index contributed by atoms with van der Waals surface area (Å²) < 4.78 is 31.5. The minimum absolute atomic E-state index is 0.0154. The fraction of sp³-hybridized carbons (Fsp3) is 0.250. The molecular weight excluding hydrogens is 290 g/mol. The molecule has 0 amide bonds. The van der Waals surface area contributed by atoms with E-state index in [-0.39, 0.29) is 22.9 Å². The summed E-state index contributed by atoms with van der Waals surface area (Å²) in [6.45, 7) is 2.35. The van der Waals surface area contributed by atoms with Crippen LogP contribution in [0.5, 0.6) is 6.01 Å². The van der Waals surface area contributed by atoms with Crippen molar-refractivity contribution in [2.24, 2.45) is 0 Å². The van der Waals surface area contributed by atoms with Crippen molar-refractivity contribution in [2.45, 2.75) is 13.3 Å². The van der Waals surface area contributed by atoms with Crippen LogP contribution in [-0.2, 0) is 0 Å². The Labute approximate surface area is 119 Å². The molecule has 5 nitrogen and oxygen atoms in total. The number of ether oxygens (including phenoxy) is 1. The number of halogens is 3. The third-order valence-corrected chi connectivity index (χ3v) is 2.37. The summed E-state index contributed by atoms with van der Waals surface area (Å²) in [4.78, 5) is 11.5. The number of hydrogen-bond acceptors (Lipinski definition) is 5. The molecule has 0 radical (unpaired) electrons. The van der Waals surface area contributed by atoms with Crippen LogP contribution in [0.1, 0.15) is 13.3 Å². The van der Waals surface area contributed by atoms with Crippen molar-refractivity contribution in [1.82, 2.24) is 15.0 Å². The largest absolute Gasteiger partial charge is 0.463 e. The Morgan fingerprint density at radius 3 is 2.75 bits per heavy atom. The monoisotopic (exact) mass is 300 g/mol. The number of aromatic nitrogens is 3. The number of nitrogens with zero attached hydrogens (tertiary/aromatic N) is 3. The van der Waals surface area contributed by atoms with Gasteiger partial charge in [-0.25, -0.2) is 8.78 Å². The van der Waals surface area contributed by atoms with E-state index in [0.717, 1.165) is 18.6 Å². The van der Waals surface area contributed by atoms with E-state index in [4.69, 9.17) is 16.3 Å². The van der Waals surface area contributed by atoms with Gasteiger partial charge < -0.3 is 10.1 Å². The first kappa shape index (κ1) is 14.4. The van der Waals surface area contributed by atoms with Crippen molar-refractivity contribution in [3.8, 4) is 6.01 Å². The predicted molar refractivity (Wildman–Crippen MR) is 70.3 cm³/mol. The van der Waals surface area contributed by atoms with Gasteiger partial charge in [-0.2, -0.15) is 15.0 Å². The third-order valence-electron chi connectivity index (χ3n) is 2.20. The van der Waals surface area contributed by atoms with Crippen LogP contribution in [0.25, 0.3) is 0 Å². The molecule has 1 aromatic heterocycles. The summed E-state index contributed by atoms with van der Waals surface area (Å²) in [5.74, 6) is -1.42. The number of hydrogen-bond donors (Lipinski definition) is 1. The van der Waals surface area contributed by atoms with Gasteiger partial charge in [-0.1, -0.05) is 6.92 Å². The number of benzene rings is 1. The maximum absolute atomic E-state index is 13.5. The highest BCUT2D eigenvalue weighted by molar-refractivity contribution is 6.28. The van der Waals surface area contributed by atoms with Gasteiger partial charge in [0.05, 0.1) is 12.3 Å². The summed E-state index contributed by atoms with van der Waals surface area (Å²) in [5, 5.41) is 2.50. The van der Waals surface area contributed by atoms with Crippen LogP contribution in [0.15, 0.2) is 18.2 Å². The van der Waals surface area contributed by atoms with Gasteiger partial charge in [0.25, 0.3) is 0 Å². The number of anilines is 2. The summed E-state index contributed by atoms with van der Waals surface area (Å²) in [6.07, 6.45) is 0.776. The second-order valence-electron chi connectivity index (χ2n) is 3.81. The fourth-order valence-corrected chi connectivity index (χ4v) is 1.51. The molecule has 8 heteroatoms. The van der Waals surface area contributed by atoms with Gasteiger partial charge in [0.15, 0.2) is 0 Å². The summed E-state index contributed by atoms with van der Waals surface area (Å²) in [7, 11) is 0. The minimum Gasteiger partial charge on any atom is -0.463 e. The molecule has 0 aliphatic carbocycles. The lowest BCUT2D eigenvalue weighted by atomic mass is 10.3. The summed E-state index contributed by atoms with van der Waals surface area (Å²) in [6, 6.07) is 3.13. The van der Waals surface area contributed by atoms with Crippen LogP contribution in [0, 0.1) is 11.6 Å². The molecule has 0 bridgehead atoms. The molecule has 0 saturated heterocycles. The van der Waals surface area contributed by atoms with Crippen LogP contribution in [0.2, 0.25) is 5.28 Å². The molecule has 0 saturated carbocycles. The highest BCUT2D eigenvalue weighted by Crippen LogP contribution is 2.20. The summed E-state index contributed by atoms with van der Waals surface area (Å²) >= 11 is 5.72. The Morgan fingerprint density at radius 2 is 2.05 bits per heavy atom. The van der Waals surface area contributed by atoms with Gasteiger partial charge in [-0.15, -0.1) is 0 Å². The van der Waals surface area contributed by atoms with E-state index in [1.165, 1.54) is 6.07 Å². The van der Waals surface area contributed by atoms with Gasteiger partial charge in [0, 0.05) is 6.07 Å². The fourth-order valence-electron chi connectivity index (χ4n) is 1.36. The Kier molecular flexibility index (Phi) is 4.62. The Bertz CT molecular complexity index is 612. The Hall–Kier alpha value is -2.02. The van der Waals surface area contributed by atoms with Crippen molar-refractivity contribution in [2.75, 3.05) is 11.9 Å². The Morgan fingerprint density at radius 1 is 1.25 bits per heavy atom. The van der Waals surface area contributed by atoms with Crippen LogP contribution in [0.4, 0.5) is 20.4 Å². The second-order valence-corrected chi connectivity index (χ2v) is 4.15. The van der Waals surface area contributed by atoms with E-state index in [1.54, 1.807) is 0 Å². The lowest BCUT2D eigenvalue weighted by Gasteiger charge is -2.08. The first-order valence-corrected chi connectivity index (χ1v) is 6.22. The average Bonchev–Trinajstić information content (AvgIpc) is 2.39. The first-order chi connectivity index (χ1) is 9.58. The molecule has 0 fully saturated rings. The Balaban J connectivity index is 2.21. The zero-order chi connectivity index (χ0) is 14.5. The molecule has 0 atom stereocenters. The predicted octanol–water partition coefficient (Wildman–Crippen LogP) is 3.34. The third kappa shape index (κ3) is 3.74. The highest BCUT2D eigenvalue weighted by atomic mass is 35.5. The SMILES string of the molecule is CCCOc1nc(Cl)nc(Nc2ccc(F)cc2F)n1. The average molecular weight is 301 g/mol. The molecule has 0 spiro atoms. The van der Waals surface area contributed by atoms with Crippen molar-refractivity contribution in [3.05, 3.63) is 35.1 Å². The van der Waals surface area contributed by atoms with E-state index in [1.807, 2.05) is 6.92 Å². The maximum Gasteiger partial charge on any atom is 0.322 e. The molecule has 0 aliphatic rings. The van der Waals surface area contributed by atoms with Gasteiger partial charge in [0.2, 0.25) is 11.2 Å². The lowest BCUT2D eigenvalue weighted by molar-refractivity contribution is 0.292. The molecule has 0 aliphatic heterocycles. The second kappa shape index (κ2) is 6.42. The molecule has 2 rings (SSSR count). The van der Waals surface area contributed by atoms with Crippen LogP contribution in [0.3, 0.4) is 0 Å². The van der Waals surface area contributed by atoms with Crippen molar-refractivity contribution < 1.29 is 13.5 Å². The topological polar surface area (TPSA) is 59.9 Å². The van der Waals surface area contributed by atoms with Crippen molar-refractivity contribution in [3.63, 3.8) is 0 Å². The molecule has 1 heterocycles. The van der Waals surface area contributed by atoms with Gasteiger partial charge >= 0.3 is 6.01 Å². The number of rotatable bonds is 5. The van der Waals surface area contributed by atoms with Crippen LogP contribution in [-0.4, -0.2) is 21.6 Å². The molecule has 1 aromatic carbocycles. The minimum atomic E-state index is -0.766.